The van der Waals surface area contributed by atoms with Crippen LogP contribution in [0.25, 0.3) is 0 Å². The van der Waals surface area contributed by atoms with E-state index in [1.165, 1.54) is 0 Å². The van der Waals surface area contributed by atoms with Crippen molar-refractivity contribution in [3.8, 4) is 5.75 Å². The van der Waals surface area contributed by atoms with Crippen molar-refractivity contribution in [3.05, 3.63) is 58.1 Å². The molecule has 1 aliphatic carbocycles. The summed E-state index contributed by atoms with van der Waals surface area (Å²) in [5.74, 6) is 0.706. The van der Waals surface area contributed by atoms with Crippen LogP contribution in [0.4, 0.5) is 5.69 Å². The number of anilines is 1. The average Bonchev–Trinajstić information content (AvgIpc) is 3.50. The van der Waals surface area contributed by atoms with Crippen molar-refractivity contribution in [3.63, 3.8) is 0 Å². The van der Waals surface area contributed by atoms with Crippen molar-refractivity contribution < 1.29 is 14.3 Å². The summed E-state index contributed by atoms with van der Waals surface area (Å²) in [4.78, 5) is 23.9. The lowest BCUT2D eigenvalue weighted by atomic mass is 10.1. The number of hydrogen-bond acceptors (Lipinski definition) is 3. The highest BCUT2D eigenvalue weighted by Crippen LogP contribution is 2.30. The van der Waals surface area contributed by atoms with Crippen molar-refractivity contribution in [2.75, 3.05) is 11.9 Å². The molecule has 28 heavy (non-hydrogen) atoms. The molecule has 2 aromatic carbocycles. The molecule has 2 amide bonds. The Morgan fingerprint density at radius 3 is 2.46 bits per heavy atom. The van der Waals surface area contributed by atoms with E-state index in [1.807, 2.05) is 31.2 Å². The molecule has 1 fully saturated rings. The predicted octanol–water partition coefficient (Wildman–Crippen LogP) is 4.99. The molecule has 148 valence electrons. The molecule has 2 N–H and O–H groups in total. The van der Waals surface area contributed by atoms with Gasteiger partial charge in [0.1, 0.15) is 5.75 Å². The Morgan fingerprint density at radius 2 is 1.82 bits per heavy atom. The van der Waals surface area contributed by atoms with Gasteiger partial charge in [0.15, 0.2) is 0 Å². The highest BCUT2D eigenvalue weighted by Gasteiger charge is 2.29. The molecule has 0 saturated heterocycles. The first kappa shape index (κ1) is 20.5. The molecule has 2 aromatic rings. The molecule has 0 radical (unpaired) electrons. The zero-order valence-electron chi connectivity index (χ0n) is 15.5. The number of ether oxygens (including phenoxy) is 1. The zero-order valence-corrected chi connectivity index (χ0v) is 17.0. The maximum absolute atomic E-state index is 12.1. The van der Waals surface area contributed by atoms with Gasteiger partial charge < -0.3 is 15.4 Å². The summed E-state index contributed by atoms with van der Waals surface area (Å²) < 4.78 is 5.53. The van der Waals surface area contributed by atoms with E-state index in [0.29, 0.717) is 15.8 Å². The second-order valence-electron chi connectivity index (χ2n) is 6.85. The van der Waals surface area contributed by atoms with E-state index in [2.05, 4.69) is 10.6 Å². The van der Waals surface area contributed by atoms with Crippen LogP contribution < -0.4 is 15.4 Å². The van der Waals surface area contributed by atoms with E-state index in [-0.39, 0.29) is 36.8 Å². The summed E-state index contributed by atoms with van der Waals surface area (Å²) in [5, 5.41) is 6.71. The van der Waals surface area contributed by atoms with Gasteiger partial charge in [-0.05, 0) is 49.6 Å². The van der Waals surface area contributed by atoms with Gasteiger partial charge in [-0.1, -0.05) is 35.3 Å². The molecule has 0 bridgehead atoms. The van der Waals surface area contributed by atoms with Gasteiger partial charge in [-0.15, -0.1) is 0 Å². The van der Waals surface area contributed by atoms with Crippen LogP contribution in [-0.4, -0.2) is 18.4 Å². The number of benzene rings is 2. The van der Waals surface area contributed by atoms with Crippen molar-refractivity contribution in [2.45, 2.75) is 32.2 Å². The number of carbonyl (C=O) groups is 2. The lowest BCUT2D eigenvalue weighted by Crippen LogP contribution is -2.27. The fraction of sp³-hybridized carbons (Fsp3) is 0.333. The maximum atomic E-state index is 12.1. The summed E-state index contributed by atoms with van der Waals surface area (Å²) in [7, 11) is 0. The lowest BCUT2D eigenvalue weighted by molar-refractivity contribution is -0.122. The number of halogens is 2. The van der Waals surface area contributed by atoms with E-state index < -0.39 is 0 Å². The number of amides is 2. The van der Waals surface area contributed by atoms with Gasteiger partial charge >= 0.3 is 0 Å². The van der Waals surface area contributed by atoms with E-state index >= 15 is 0 Å². The third kappa shape index (κ3) is 5.88. The van der Waals surface area contributed by atoms with Crippen LogP contribution in [0.2, 0.25) is 10.0 Å². The second-order valence-corrected chi connectivity index (χ2v) is 7.66. The largest absolute Gasteiger partial charge is 0.493 e. The van der Waals surface area contributed by atoms with E-state index in [0.717, 1.165) is 24.1 Å². The van der Waals surface area contributed by atoms with Crippen LogP contribution in [-0.2, 0) is 9.59 Å². The average molecular weight is 421 g/mol. The van der Waals surface area contributed by atoms with Crippen LogP contribution in [0.15, 0.2) is 42.5 Å². The van der Waals surface area contributed by atoms with Gasteiger partial charge in [-0.3, -0.25) is 9.59 Å². The minimum absolute atomic E-state index is 0.0797. The molecule has 0 aliphatic heterocycles. The topological polar surface area (TPSA) is 67.4 Å². The molecule has 1 atom stereocenters. The Bertz CT molecular complexity index is 851. The Hall–Kier alpha value is -2.24. The number of hydrogen-bond donors (Lipinski definition) is 2. The van der Waals surface area contributed by atoms with E-state index in [9.17, 15) is 9.59 Å². The molecule has 0 spiro atoms. The highest BCUT2D eigenvalue weighted by atomic mass is 35.5. The Labute approximate surface area is 174 Å². The van der Waals surface area contributed by atoms with Crippen molar-refractivity contribution in [1.29, 1.82) is 0 Å². The standard InChI is InChI=1S/C21H22Cl2N2O3/c1-13(14-4-6-16(7-5-14)25-21(27)15-2-3-15)24-20(26)10-11-28-17-8-9-18(22)19(23)12-17/h4-9,12-13,15H,2-3,10-11H2,1H3,(H,24,26)(H,25,27)/t13-/m0/s1. The molecule has 1 aliphatic rings. The quantitative estimate of drug-likeness (QED) is 0.631. The smallest absolute Gasteiger partial charge is 0.227 e. The summed E-state index contributed by atoms with van der Waals surface area (Å²) >= 11 is 11.8. The van der Waals surface area contributed by atoms with Gasteiger partial charge in [-0.2, -0.15) is 0 Å². The van der Waals surface area contributed by atoms with Crippen LogP contribution in [0.5, 0.6) is 5.75 Å². The summed E-state index contributed by atoms with van der Waals surface area (Å²) in [6, 6.07) is 12.3. The Morgan fingerprint density at radius 1 is 1.11 bits per heavy atom. The van der Waals surface area contributed by atoms with Crippen molar-refractivity contribution in [2.24, 2.45) is 5.92 Å². The van der Waals surface area contributed by atoms with Crippen LogP contribution in [0, 0.1) is 5.92 Å². The first-order chi connectivity index (χ1) is 13.4. The minimum atomic E-state index is -0.148. The molecule has 7 heteroatoms. The zero-order chi connectivity index (χ0) is 20.1. The molecular formula is C21H22Cl2N2O3. The van der Waals surface area contributed by atoms with Crippen LogP contribution in [0.3, 0.4) is 0 Å². The van der Waals surface area contributed by atoms with Gasteiger partial charge in [0.25, 0.3) is 0 Å². The Kier molecular flexibility index (Phi) is 6.81. The Balaban J connectivity index is 1.42. The first-order valence-corrected chi connectivity index (χ1v) is 9.96. The number of nitrogens with one attached hydrogen (secondary N) is 2. The number of rotatable bonds is 8. The molecule has 0 heterocycles. The fourth-order valence-electron chi connectivity index (χ4n) is 2.67. The monoisotopic (exact) mass is 420 g/mol. The van der Waals surface area contributed by atoms with Crippen LogP contribution in [0.1, 0.15) is 37.8 Å². The minimum Gasteiger partial charge on any atom is -0.493 e. The van der Waals surface area contributed by atoms with Crippen LogP contribution >= 0.6 is 23.2 Å². The summed E-state index contributed by atoms with van der Waals surface area (Å²) in [6.07, 6.45) is 2.17. The molecule has 0 aromatic heterocycles. The third-order valence-corrected chi connectivity index (χ3v) is 5.23. The molecule has 3 rings (SSSR count). The lowest BCUT2D eigenvalue weighted by Gasteiger charge is -2.15. The number of carbonyl (C=O) groups excluding carboxylic acids is 2. The SMILES string of the molecule is C[C@H](NC(=O)CCOc1ccc(Cl)c(Cl)c1)c1ccc(NC(=O)C2CC2)cc1. The fourth-order valence-corrected chi connectivity index (χ4v) is 2.96. The molecule has 1 saturated carbocycles. The predicted molar refractivity (Wildman–Crippen MR) is 111 cm³/mol. The van der Waals surface area contributed by atoms with Gasteiger partial charge in [-0.25, -0.2) is 0 Å². The summed E-state index contributed by atoms with van der Waals surface area (Å²) in [6.45, 7) is 2.15. The van der Waals surface area contributed by atoms with Gasteiger partial charge in [0.05, 0.1) is 29.1 Å². The second kappa shape index (κ2) is 9.30. The van der Waals surface area contributed by atoms with Crippen molar-refractivity contribution >= 4 is 40.7 Å². The summed E-state index contributed by atoms with van der Waals surface area (Å²) in [5.41, 5.74) is 1.73. The first-order valence-electron chi connectivity index (χ1n) is 9.20. The van der Waals surface area contributed by atoms with E-state index in [1.54, 1.807) is 18.2 Å². The molecule has 0 unspecified atom stereocenters. The maximum Gasteiger partial charge on any atom is 0.227 e. The van der Waals surface area contributed by atoms with Gasteiger partial charge in [0, 0.05) is 17.7 Å². The van der Waals surface area contributed by atoms with Gasteiger partial charge in [0.2, 0.25) is 11.8 Å². The highest BCUT2D eigenvalue weighted by molar-refractivity contribution is 6.42. The molecular weight excluding hydrogens is 399 g/mol. The van der Waals surface area contributed by atoms with Crippen molar-refractivity contribution in [1.82, 2.24) is 5.32 Å². The third-order valence-electron chi connectivity index (χ3n) is 4.49. The normalized spacial score (nSPS) is 14.2. The van der Waals surface area contributed by atoms with E-state index in [4.69, 9.17) is 27.9 Å². The molecule has 5 nitrogen and oxygen atoms in total.